The number of allylic oxidation sites excluding steroid dienone is 1. The summed E-state index contributed by atoms with van der Waals surface area (Å²) in [4.78, 5) is 12.0. The molecule has 3 aromatic carbocycles. The Kier molecular flexibility index (Phi) is 6.84. The maximum Gasteiger partial charge on any atom is 0.454 e. The number of halogens is 3. The molecule has 0 saturated carbocycles. The predicted octanol–water partition coefficient (Wildman–Crippen LogP) is 5.08. The van der Waals surface area contributed by atoms with Gasteiger partial charge in [-0.25, -0.2) is 0 Å². The number of phenols is 1. The highest BCUT2D eigenvalue weighted by Crippen LogP contribution is 2.31. The first-order valence-electron chi connectivity index (χ1n) is 9.68. The number of ketones is 1. The molecular formula is C24H22F3NO3. The third-order valence-electron chi connectivity index (χ3n) is 4.74. The monoisotopic (exact) mass is 429 g/mol. The van der Waals surface area contributed by atoms with Crippen LogP contribution in [-0.4, -0.2) is 30.2 Å². The molecule has 7 heteroatoms. The van der Waals surface area contributed by atoms with Gasteiger partial charge in [0.25, 0.3) is 5.78 Å². The van der Waals surface area contributed by atoms with Crippen molar-refractivity contribution in [3.05, 3.63) is 83.6 Å². The molecule has 3 aromatic rings. The average molecular weight is 429 g/mol. The summed E-state index contributed by atoms with van der Waals surface area (Å²) in [6.45, 7) is 2.35. The van der Waals surface area contributed by atoms with Crippen LogP contribution in [0.2, 0.25) is 0 Å². The fourth-order valence-electron chi connectivity index (χ4n) is 3.14. The summed E-state index contributed by atoms with van der Waals surface area (Å²) in [6, 6.07) is 17.5. The maximum absolute atomic E-state index is 13.1. The van der Waals surface area contributed by atoms with Crippen molar-refractivity contribution in [2.45, 2.75) is 19.5 Å². The zero-order chi connectivity index (χ0) is 22.4. The number of ether oxygens (including phenoxy) is 1. The van der Waals surface area contributed by atoms with Gasteiger partial charge in [-0.2, -0.15) is 13.2 Å². The quantitative estimate of drug-likeness (QED) is 0.387. The largest absolute Gasteiger partial charge is 0.508 e. The number of carbonyl (C=O) groups is 1. The molecule has 0 aliphatic carbocycles. The summed E-state index contributed by atoms with van der Waals surface area (Å²) >= 11 is 0. The number of alkyl halides is 3. The standard InChI is InChI=1S/C24H22F3NO3/c1-16-6-9-19(10-7-16)31-13-12-28-15-18(23(30)24(25,26)27)14-21-20-5-3-2-4-17(20)8-11-22(21)29/h2-11,15,28-29H,12-14H2,1H3/b18-15+. The van der Waals surface area contributed by atoms with E-state index in [1.54, 1.807) is 42.5 Å². The third-order valence-corrected chi connectivity index (χ3v) is 4.74. The van der Waals surface area contributed by atoms with Crippen LogP contribution in [0.25, 0.3) is 10.8 Å². The van der Waals surface area contributed by atoms with Gasteiger partial charge in [-0.3, -0.25) is 4.79 Å². The van der Waals surface area contributed by atoms with Gasteiger partial charge >= 0.3 is 6.18 Å². The summed E-state index contributed by atoms with van der Waals surface area (Å²) in [5.41, 5.74) is 0.856. The molecule has 0 radical (unpaired) electrons. The number of hydrogen-bond donors (Lipinski definition) is 2. The lowest BCUT2D eigenvalue weighted by molar-refractivity contribution is -0.166. The Balaban J connectivity index is 1.75. The van der Waals surface area contributed by atoms with Crippen LogP contribution < -0.4 is 10.1 Å². The number of aryl methyl sites for hydroxylation is 1. The number of hydrogen-bond acceptors (Lipinski definition) is 4. The van der Waals surface area contributed by atoms with E-state index in [4.69, 9.17) is 4.74 Å². The average Bonchev–Trinajstić information content (AvgIpc) is 2.74. The molecule has 0 fully saturated rings. The highest BCUT2D eigenvalue weighted by atomic mass is 19.4. The van der Waals surface area contributed by atoms with Gasteiger partial charge in [-0.15, -0.1) is 0 Å². The topological polar surface area (TPSA) is 58.6 Å². The van der Waals surface area contributed by atoms with Gasteiger partial charge < -0.3 is 15.2 Å². The third kappa shape index (κ3) is 5.78. The number of phenolic OH excluding ortho intramolecular Hbond substituents is 1. The van der Waals surface area contributed by atoms with Crippen molar-refractivity contribution in [3.8, 4) is 11.5 Å². The van der Waals surface area contributed by atoms with Crippen molar-refractivity contribution in [1.29, 1.82) is 0 Å². The van der Waals surface area contributed by atoms with Crippen LogP contribution in [0, 0.1) is 6.92 Å². The smallest absolute Gasteiger partial charge is 0.454 e. The van der Waals surface area contributed by atoms with Crippen LogP contribution in [0.4, 0.5) is 13.2 Å². The molecule has 0 atom stereocenters. The molecule has 0 unspecified atom stereocenters. The van der Waals surface area contributed by atoms with Crippen molar-refractivity contribution < 1.29 is 27.8 Å². The van der Waals surface area contributed by atoms with Gasteiger partial charge in [-0.1, -0.05) is 48.0 Å². The van der Waals surface area contributed by atoms with Gasteiger partial charge in [0.05, 0.1) is 0 Å². The Morgan fingerprint density at radius 3 is 2.48 bits per heavy atom. The molecule has 4 nitrogen and oxygen atoms in total. The van der Waals surface area contributed by atoms with Crippen molar-refractivity contribution in [1.82, 2.24) is 5.32 Å². The number of nitrogens with one attached hydrogen (secondary N) is 1. The van der Waals surface area contributed by atoms with Crippen molar-refractivity contribution in [2.75, 3.05) is 13.2 Å². The van der Waals surface area contributed by atoms with E-state index in [1.165, 1.54) is 6.07 Å². The lowest BCUT2D eigenvalue weighted by Crippen LogP contribution is -2.27. The summed E-state index contributed by atoms with van der Waals surface area (Å²) < 4.78 is 44.9. The number of carbonyl (C=O) groups excluding carboxylic acids is 1. The van der Waals surface area contributed by atoms with E-state index in [2.05, 4.69) is 5.32 Å². The van der Waals surface area contributed by atoms with Crippen LogP contribution in [0.15, 0.2) is 72.4 Å². The van der Waals surface area contributed by atoms with Gasteiger partial charge in [0.1, 0.15) is 18.1 Å². The van der Waals surface area contributed by atoms with Gasteiger partial charge in [0.15, 0.2) is 0 Å². The first-order chi connectivity index (χ1) is 14.8. The minimum atomic E-state index is -5.02. The highest BCUT2D eigenvalue weighted by Gasteiger charge is 2.40. The Labute approximate surface area is 178 Å². The van der Waals surface area contributed by atoms with Gasteiger partial charge in [0, 0.05) is 30.3 Å². The summed E-state index contributed by atoms with van der Waals surface area (Å²) in [7, 11) is 0. The lowest BCUT2D eigenvalue weighted by atomic mass is 9.96. The van der Waals surface area contributed by atoms with Crippen LogP contribution >= 0.6 is 0 Å². The molecule has 0 aromatic heterocycles. The van der Waals surface area contributed by atoms with Crippen molar-refractivity contribution in [2.24, 2.45) is 0 Å². The molecule has 0 spiro atoms. The van der Waals surface area contributed by atoms with Crippen LogP contribution in [-0.2, 0) is 11.2 Å². The number of fused-ring (bicyclic) bond motifs is 1. The molecule has 162 valence electrons. The molecule has 0 bridgehead atoms. The molecule has 0 heterocycles. The molecule has 0 amide bonds. The fourth-order valence-corrected chi connectivity index (χ4v) is 3.14. The fraction of sp³-hybridized carbons (Fsp3) is 0.208. The Hall–Kier alpha value is -3.48. The van der Waals surface area contributed by atoms with Gasteiger partial charge in [-0.05, 0) is 35.9 Å². The van der Waals surface area contributed by atoms with E-state index >= 15 is 0 Å². The van der Waals surface area contributed by atoms with Gasteiger partial charge in [0.2, 0.25) is 0 Å². The lowest BCUT2D eigenvalue weighted by Gasteiger charge is -2.14. The second kappa shape index (κ2) is 9.55. The minimum absolute atomic E-state index is 0.165. The second-order valence-electron chi connectivity index (χ2n) is 7.07. The van der Waals surface area contributed by atoms with E-state index in [0.29, 0.717) is 11.1 Å². The first kappa shape index (κ1) is 22.2. The van der Waals surface area contributed by atoms with E-state index in [1.807, 2.05) is 19.1 Å². The normalized spacial score (nSPS) is 12.1. The number of benzene rings is 3. The molecule has 3 rings (SSSR count). The predicted molar refractivity (Wildman–Crippen MR) is 113 cm³/mol. The van der Waals surface area contributed by atoms with Crippen LogP contribution in [0.3, 0.4) is 0 Å². The molecule has 2 N–H and O–H groups in total. The Bertz CT molecular complexity index is 1090. The number of rotatable bonds is 8. The molecule has 0 saturated heterocycles. The zero-order valence-electron chi connectivity index (χ0n) is 16.9. The Morgan fingerprint density at radius 1 is 1.06 bits per heavy atom. The van der Waals surface area contributed by atoms with E-state index in [9.17, 15) is 23.1 Å². The molecule has 0 aliphatic heterocycles. The van der Waals surface area contributed by atoms with E-state index in [0.717, 1.165) is 17.1 Å². The second-order valence-corrected chi connectivity index (χ2v) is 7.07. The minimum Gasteiger partial charge on any atom is -0.508 e. The molecular weight excluding hydrogens is 407 g/mol. The van der Waals surface area contributed by atoms with Crippen molar-refractivity contribution >= 4 is 16.6 Å². The molecule has 31 heavy (non-hydrogen) atoms. The summed E-state index contributed by atoms with van der Waals surface area (Å²) in [5, 5.41) is 14.3. The summed E-state index contributed by atoms with van der Waals surface area (Å²) in [5.74, 6) is -1.47. The zero-order valence-corrected chi connectivity index (χ0v) is 16.9. The number of aromatic hydroxyl groups is 1. The van der Waals surface area contributed by atoms with Crippen LogP contribution in [0.5, 0.6) is 11.5 Å². The van der Waals surface area contributed by atoms with E-state index < -0.39 is 17.5 Å². The first-order valence-corrected chi connectivity index (χ1v) is 9.68. The number of Topliss-reactive ketones (excluding diaryl/α,β-unsaturated/α-hetero) is 1. The van der Waals surface area contributed by atoms with Crippen LogP contribution in [0.1, 0.15) is 11.1 Å². The highest BCUT2D eigenvalue weighted by molar-refractivity contribution is 6.01. The molecule has 0 aliphatic rings. The van der Waals surface area contributed by atoms with Crippen molar-refractivity contribution in [3.63, 3.8) is 0 Å². The van der Waals surface area contributed by atoms with E-state index in [-0.39, 0.29) is 30.9 Å². The SMILES string of the molecule is Cc1ccc(OCCN/C=C(\Cc2c(O)ccc3ccccc23)C(=O)C(F)(F)F)cc1. The maximum atomic E-state index is 13.1. The Morgan fingerprint density at radius 2 is 1.77 bits per heavy atom. The summed E-state index contributed by atoms with van der Waals surface area (Å²) in [6.07, 6.45) is -4.33.